The fraction of sp³-hybridized carbons (Fsp3) is 0.182. The van der Waals surface area contributed by atoms with E-state index < -0.39 is 10.0 Å². The van der Waals surface area contributed by atoms with Gasteiger partial charge in [0.1, 0.15) is 0 Å². The minimum Gasteiger partial charge on any atom is -0.383 e. The van der Waals surface area contributed by atoms with E-state index >= 15 is 0 Å². The third-order valence-electron chi connectivity index (χ3n) is 2.20. The molecule has 0 aliphatic rings. The molecule has 0 amide bonds. The zero-order valence-electron chi connectivity index (χ0n) is 10.2. The molecule has 8 heteroatoms. The number of aromatic nitrogens is 3. The molecule has 2 N–H and O–H groups in total. The van der Waals surface area contributed by atoms with Crippen LogP contribution in [0.5, 0.6) is 0 Å². The predicted molar refractivity (Wildman–Crippen MR) is 71.2 cm³/mol. The Labute approximate surface area is 111 Å². The Morgan fingerprint density at radius 3 is 2.74 bits per heavy atom. The molecule has 2 aromatic rings. The van der Waals surface area contributed by atoms with E-state index in [0.29, 0.717) is 12.2 Å². The number of rotatable bonds is 5. The van der Waals surface area contributed by atoms with Crippen molar-refractivity contribution in [3.05, 3.63) is 36.9 Å². The lowest BCUT2D eigenvalue weighted by atomic mass is 10.4. The molecule has 100 valence electrons. The molecule has 0 saturated heterocycles. The van der Waals surface area contributed by atoms with Crippen LogP contribution in [0.4, 0.5) is 11.5 Å². The van der Waals surface area contributed by atoms with Crippen molar-refractivity contribution in [1.82, 2.24) is 15.0 Å². The molecule has 0 aliphatic heterocycles. The molecule has 0 saturated carbocycles. The first-order chi connectivity index (χ1) is 9.13. The Hall–Kier alpha value is -2.22. The van der Waals surface area contributed by atoms with Crippen molar-refractivity contribution >= 4 is 21.5 Å². The molecule has 0 unspecified atom stereocenters. The zero-order chi connectivity index (χ0) is 13.7. The van der Waals surface area contributed by atoms with Gasteiger partial charge in [0.05, 0.1) is 11.9 Å². The van der Waals surface area contributed by atoms with Gasteiger partial charge in [-0.25, -0.2) is 9.97 Å². The van der Waals surface area contributed by atoms with Crippen LogP contribution < -0.4 is 10.0 Å². The van der Waals surface area contributed by atoms with Crippen molar-refractivity contribution in [2.75, 3.05) is 16.6 Å². The van der Waals surface area contributed by atoms with E-state index in [-0.39, 0.29) is 10.8 Å². The highest BCUT2D eigenvalue weighted by atomic mass is 32.2. The largest absolute Gasteiger partial charge is 0.383 e. The molecule has 0 spiro atoms. The number of anilines is 2. The number of pyridine rings is 1. The smallest absolute Gasteiger partial charge is 0.282 e. The average molecular weight is 279 g/mol. The Morgan fingerprint density at radius 2 is 2.05 bits per heavy atom. The highest BCUT2D eigenvalue weighted by molar-refractivity contribution is 7.92. The summed E-state index contributed by atoms with van der Waals surface area (Å²) in [5, 5.41) is 2.88. The van der Waals surface area contributed by atoms with Crippen molar-refractivity contribution in [3.8, 4) is 0 Å². The van der Waals surface area contributed by atoms with Gasteiger partial charge in [0.15, 0.2) is 10.8 Å². The lowest BCUT2D eigenvalue weighted by Crippen LogP contribution is -2.17. The monoisotopic (exact) mass is 279 g/mol. The minimum atomic E-state index is -3.79. The summed E-state index contributed by atoms with van der Waals surface area (Å²) in [4.78, 5) is 11.6. The molecule has 0 atom stereocenters. The second-order valence-electron chi connectivity index (χ2n) is 3.58. The van der Waals surface area contributed by atoms with Crippen LogP contribution in [0.3, 0.4) is 0 Å². The third-order valence-corrected chi connectivity index (χ3v) is 3.51. The Morgan fingerprint density at radius 1 is 1.21 bits per heavy atom. The first-order valence-electron chi connectivity index (χ1n) is 5.61. The average Bonchev–Trinajstić information content (AvgIpc) is 2.40. The zero-order valence-corrected chi connectivity index (χ0v) is 11.1. The van der Waals surface area contributed by atoms with Crippen LogP contribution in [0.1, 0.15) is 6.92 Å². The minimum absolute atomic E-state index is 0.0671. The van der Waals surface area contributed by atoms with E-state index in [1.807, 2.05) is 6.92 Å². The summed E-state index contributed by atoms with van der Waals surface area (Å²) in [6.45, 7) is 2.47. The van der Waals surface area contributed by atoms with Crippen molar-refractivity contribution in [1.29, 1.82) is 0 Å². The van der Waals surface area contributed by atoms with E-state index in [9.17, 15) is 8.42 Å². The second kappa shape index (κ2) is 5.61. The molecule has 2 aromatic heterocycles. The first-order valence-corrected chi connectivity index (χ1v) is 7.09. The predicted octanol–water partition coefficient (Wildman–Crippen LogP) is 1.10. The van der Waals surface area contributed by atoms with Crippen LogP contribution in [0.25, 0.3) is 0 Å². The van der Waals surface area contributed by atoms with E-state index in [1.54, 1.807) is 12.1 Å². The molecular weight excluding hydrogens is 266 g/mol. The first kappa shape index (κ1) is 13.2. The third kappa shape index (κ3) is 3.16. The molecule has 0 aromatic carbocycles. The van der Waals surface area contributed by atoms with E-state index in [2.05, 4.69) is 25.0 Å². The lowest BCUT2D eigenvalue weighted by Gasteiger charge is -2.10. The topological polar surface area (TPSA) is 96.9 Å². The van der Waals surface area contributed by atoms with Gasteiger partial charge < -0.3 is 5.32 Å². The van der Waals surface area contributed by atoms with E-state index in [1.165, 1.54) is 24.8 Å². The highest BCUT2D eigenvalue weighted by Gasteiger charge is 2.20. The number of nitrogens with zero attached hydrogens (tertiary/aromatic N) is 3. The molecule has 7 nitrogen and oxygen atoms in total. The molecule has 0 aliphatic carbocycles. The number of hydrogen-bond acceptors (Lipinski definition) is 6. The van der Waals surface area contributed by atoms with Crippen LogP contribution in [-0.2, 0) is 10.0 Å². The molecule has 2 rings (SSSR count). The SMILES string of the molecule is CCNc1cccnc1S(=O)(=O)Nc1cnccn1. The van der Waals surface area contributed by atoms with Crippen LogP contribution in [0, 0.1) is 0 Å². The highest BCUT2D eigenvalue weighted by Crippen LogP contribution is 2.19. The summed E-state index contributed by atoms with van der Waals surface area (Å²) in [5.74, 6) is 0.149. The summed E-state index contributed by atoms with van der Waals surface area (Å²) >= 11 is 0. The van der Waals surface area contributed by atoms with Gasteiger partial charge in [-0.05, 0) is 19.1 Å². The van der Waals surface area contributed by atoms with Crippen molar-refractivity contribution < 1.29 is 8.42 Å². The van der Waals surface area contributed by atoms with Crippen molar-refractivity contribution in [3.63, 3.8) is 0 Å². The van der Waals surface area contributed by atoms with Crippen molar-refractivity contribution in [2.24, 2.45) is 0 Å². The summed E-state index contributed by atoms with van der Waals surface area (Å²) in [6, 6.07) is 3.32. The van der Waals surface area contributed by atoms with Gasteiger partial charge in [-0.2, -0.15) is 8.42 Å². The van der Waals surface area contributed by atoms with Gasteiger partial charge in [0, 0.05) is 25.1 Å². The maximum Gasteiger partial charge on any atom is 0.282 e. The normalized spacial score (nSPS) is 11.0. The molecule has 19 heavy (non-hydrogen) atoms. The standard InChI is InChI=1S/C11H13N5O2S/c1-2-13-9-4-3-5-15-11(9)19(17,18)16-10-8-12-6-7-14-10/h3-8,13H,2H2,1H3,(H,14,16). The maximum atomic E-state index is 12.2. The van der Waals surface area contributed by atoms with Crippen LogP contribution in [-0.4, -0.2) is 29.9 Å². The molecule has 0 bridgehead atoms. The van der Waals surface area contributed by atoms with Gasteiger partial charge in [-0.3, -0.25) is 9.71 Å². The Balaban J connectivity index is 2.35. The number of nitrogens with one attached hydrogen (secondary N) is 2. The molecule has 0 radical (unpaired) electrons. The van der Waals surface area contributed by atoms with Gasteiger partial charge in [-0.1, -0.05) is 0 Å². The maximum absolute atomic E-state index is 12.2. The van der Waals surface area contributed by atoms with Gasteiger partial charge in [0.25, 0.3) is 10.0 Å². The van der Waals surface area contributed by atoms with Gasteiger partial charge in [0.2, 0.25) is 0 Å². The molecule has 0 fully saturated rings. The van der Waals surface area contributed by atoms with Gasteiger partial charge in [-0.15, -0.1) is 0 Å². The number of sulfonamides is 1. The van der Waals surface area contributed by atoms with Gasteiger partial charge >= 0.3 is 0 Å². The summed E-state index contributed by atoms with van der Waals surface area (Å²) in [7, 11) is -3.79. The van der Waals surface area contributed by atoms with Crippen LogP contribution >= 0.6 is 0 Å². The van der Waals surface area contributed by atoms with Crippen molar-refractivity contribution in [2.45, 2.75) is 11.9 Å². The molecule has 2 heterocycles. The van der Waals surface area contributed by atoms with E-state index in [4.69, 9.17) is 0 Å². The van der Waals surface area contributed by atoms with Crippen LogP contribution in [0.2, 0.25) is 0 Å². The quantitative estimate of drug-likeness (QED) is 0.850. The second-order valence-corrected chi connectivity index (χ2v) is 5.18. The summed E-state index contributed by atoms with van der Waals surface area (Å²) in [6.07, 6.45) is 5.61. The van der Waals surface area contributed by atoms with E-state index in [0.717, 1.165) is 0 Å². The Bertz CT molecular complexity index is 645. The fourth-order valence-corrected chi connectivity index (χ4v) is 2.57. The fourth-order valence-electron chi connectivity index (χ4n) is 1.47. The number of hydrogen-bond donors (Lipinski definition) is 2. The summed E-state index contributed by atoms with van der Waals surface area (Å²) in [5.41, 5.74) is 0.446. The summed E-state index contributed by atoms with van der Waals surface area (Å²) < 4.78 is 26.8. The van der Waals surface area contributed by atoms with Crippen LogP contribution in [0.15, 0.2) is 41.9 Å². The molecular formula is C11H13N5O2S. The Kier molecular flexibility index (Phi) is 3.91. The lowest BCUT2D eigenvalue weighted by molar-refractivity contribution is 0.597.